The van der Waals surface area contributed by atoms with Gasteiger partial charge in [-0.05, 0) is 10.3 Å². The first-order valence-electron chi connectivity index (χ1n) is 4.98. The van der Waals surface area contributed by atoms with Gasteiger partial charge in [0.15, 0.2) is 0 Å². The normalized spacial score (nSPS) is 20.5. The molecule has 19 heteroatoms. The molecule has 0 aromatic carbocycles. The summed E-state index contributed by atoms with van der Waals surface area (Å²) in [5.74, 6) is -10.0. The number of ether oxygens (including phenoxy) is 1. The highest BCUT2D eigenvalue weighted by Gasteiger charge is 2.75. The first-order valence-corrected chi connectivity index (χ1v) is 4.98. The molecule has 0 spiro atoms. The summed E-state index contributed by atoms with van der Waals surface area (Å²) in [6, 6.07) is 0. The van der Waals surface area contributed by atoms with Crippen LogP contribution in [0.1, 0.15) is 0 Å². The van der Waals surface area contributed by atoms with Crippen LogP contribution in [0.4, 0.5) is 0 Å². The average Bonchev–Trinajstić information content (AvgIpc) is 3.04. The number of hydrogen-bond acceptors (Lipinski definition) is 15. The topological polar surface area (TPSA) is 249 Å². The second-order valence-corrected chi connectivity index (χ2v) is 3.65. The molecule has 2 N–H and O–H groups in total. The Labute approximate surface area is 120 Å². The van der Waals surface area contributed by atoms with E-state index in [1.165, 1.54) is 11.0 Å². The molecule has 0 aliphatic carbocycles. The zero-order valence-electron chi connectivity index (χ0n) is 10.2. The largest absolute Gasteiger partial charge is 0.633 e. The Morgan fingerprint density at radius 2 is 1.09 bits per heavy atom. The van der Waals surface area contributed by atoms with Crippen molar-refractivity contribution in [2.45, 2.75) is 11.6 Å². The maximum atomic E-state index is 10.9. The Morgan fingerprint density at radius 3 is 1.35 bits per heavy atom. The van der Waals surface area contributed by atoms with Crippen molar-refractivity contribution in [3.8, 4) is 0 Å². The van der Waals surface area contributed by atoms with Gasteiger partial charge in [0, 0.05) is 11.0 Å². The Hall–Kier alpha value is -3.74. The van der Waals surface area contributed by atoms with Crippen molar-refractivity contribution < 1.29 is 34.3 Å². The van der Waals surface area contributed by atoms with Crippen LogP contribution in [-0.2, 0) is 14.6 Å². The maximum absolute atomic E-state index is 10.9. The van der Waals surface area contributed by atoms with Gasteiger partial charge in [-0.1, -0.05) is 0 Å². The summed E-state index contributed by atoms with van der Waals surface area (Å²) in [5, 5.41) is 49.1. The summed E-state index contributed by atoms with van der Waals surface area (Å²) in [6.45, 7) is 0. The molecule has 124 valence electrons. The summed E-state index contributed by atoms with van der Waals surface area (Å²) < 4.78 is 4.41. The van der Waals surface area contributed by atoms with Crippen molar-refractivity contribution in [1.82, 2.24) is 11.0 Å². The lowest BCUT2D eigenvalue weighted by Gasteiger charge is -2.12. The summed E-state index contributed by atoms with van der Waals surface area (Å²) in [4.78, 5) is 45.3. The van der Waals surface area contributed by atoms with Crippen molar-refractivity contribution in [3.63, 3.8) is 0 Å². The summed E-state index contributed by atoms with van der Waals surface area (Å²) in [6.07, 6.45) is 0. The maximum Gasteiger partial charge on any atom is 0.633 e. The van der Waals surface area contributed by atoms with E-state index in [1.807, 2.05) is 0 Å². The second kappa shape index (κ2) is 4.92. The Kier molecular flexibility index (Phi) is 3.34. The van der Waals surface area contributed by atoms with Gasteiger partial charge in [0.05, 0.1) is 0 Å². The van der Waals surface area contributed by atoms with E-state index in [4.69, 9.17) is 0 Å². The van der Waals surface area contributed by atoms with Crippen LogP contribution in [0.3, 0.4) is 0 Å². The highest BCUT2D eigenvalue weighted by atomic mass is 16.8. The smallest absolute Gasteiger partial charge is 0.396 e. The summed E-state index contributed by atoms with van der Waals surface area (Å²) in [5.41, 5.74) is 2.59. The summed E-state index contributed by atoms with van der Waals surface area (Å²) >= 11 is 0. The first-order chi connectivity index (χ1) is 10.7. The van der Waals surface area contributed by atoms with Crippen LogP contribution in [0.5, 0.6) is 0 Å². The average molecular weight is 338 g/mol. The minimum absolute atomic E-state index is 1.30. The molecule has 0 unspecified atom stereocenters. The quantitative estimate of drug-likeness (QED) is 0.297. The SMILES string of the molecule is O=[N+]([O-])C1([N+](=O)[O-])NON=C1OC1=NONC1([N+](=O)[O-])[N+](=O)[O-]. The molecule has 0 radical (unpaired) electrons. The minimum Gasteiger partial charge on any atom is -0.396 e. The van der Waals surface area contributed by atoms with Crippen LogP contribution in [0.15, 0.2) is 10.3 Å². The summed E-state index contributed by atoms with van der Waals surface area (Å²) in [7, 11) is 0. The van der Waals surface area contributed by atoms with Gasteiger partial charge in [0.25, 0.3) is 0 Å². The number of hydrogen-bond donors (Lipinski definition) is 2. The fourth-order valence-corrected chi connectivity index (χ4v) is 1.34. The van der Waals surface area contributed by atoms with Crippen LogP contribution in [0, 0.1) is 40.5 Å². The third-order valence-electron chi connectivity index (χ3n) is 2.48. The van der Waals surface area contributed by atoms with Gasteiger partial charge in [-0.3, -0.25) is 50.3 Å². The van der Waals surface area contributed by atoms with Crippen molar-refractivity contribution >= 4 is 11.8 Å². The molecule has 23 heavy (non-hydrogen) atoms. The molecule has 19 nitrogen and oxygen atoms in total. The predicted molar refractivity (Wildman–Crippen MR) is 57.8 cm³/mol. The second-order valence-electron chi connectivity index (χ2n) is 3.65. The molecule has 0 amide bonds. The van der Waals surface area contributed by atoms with Crippen molar-refractivity contribution in [1.29, 1.82) is 0 Å². The van der Waals surface area contributed by atoms with E-state index in [-0.39, 0.29) is 0 Å². The zero-order valence-corrected chi connectivity index (χ0v) is 10.2. The van der Waals surface area contributed by atoms with E-state index in [0.717, 1.165) is 0 Å². The number of oxime groups is 2. The third-order valence-corrected chi connectivity index (χ3v) is 2.48. The standard InChI is InChI=1S/C4H2N8O11/c13-9(14)3(10(15)16)1(5-22-7-3)21-2-4(11(17)18,12(19)20)8-23-6-2/h7-8H. The van der Waals surface area contributed by atoms with Crippen LogP contribution >= 0.6 is 0 Å². The molecule has 2 rings (SSSR count). The van der Waals surface area contributed by atoms with Crippen LogP contribution < -0.4 is 11.0 Å². The van der Waals surface area contributed by atoms with Crippen LogP contribution in [0.25, 0.3) is 0 Å². The van der Waals surface area contributed by atoms with E-state index >= 15 is 0 Å². The van der Waals surface area contributed by atoms with Crippen LogP contribution in [0.2, 0.25) is 0 Å². The highest BCUT2D eigenvalue weighted by Crippen LogP contribution is 2.22. The molecule has 2 aliphatic heterocycles. The molecular weight excluding hydrogens is 336 g/mol. The Morgan fingerprint density at radius 1 is 0.783 bits per heavy atom. The number of nitrogens with one attached hydrogen (secondary N) is 2. The van der Waals surface area contributed by atoms with Crippen LogP contribution in [-0.4, -0.2) is 43.1 Å². The fourth-order valence-electron chi connectivity index (χ4n) is 1.34. The number of hydroxylamine groups is 2. The van der Waals surface area contributed by atoms with Gasteiger partial charge in [-0.15, -0.1) is 0 Å². The Bertz CT molecular complexity index is 583. The van der Waals surface area contributed by atoms with E-state index < -0.39 is 43.1 Å². The zero-order chi connectivity index (χ0) is 17.4. The van der Waals surface area contributed by atoms with Gasteiger partial charge >= 0.3 is 23.4 Å². The predicted octanol–water partition coefficient (Wildman–Crippen LogP) is -2.89. The third kappa shape index (κ3) is 1.91. The molecule has 2 heterocycles. The molecule has 2 aliphatic rings. The molecule has 0 atom stereocenters. The first kappa shape index (κ1) is 15.6. The van der Waals surface area contributed by atoms with Gasteiger partial charge in [-0.2, -0.15) is 0 Å². The van der Waals surface area contributed by atoms with Gasteiger partial charge < -0.3 is 4.74 Å². The van der Waals surface area contributed by atoms with E-state index in [0.29, 0.717) is 0 Å². The molecule has 0 aromatic heterocycles. The fraction of sp³-hybridized carbons (Fsp3) is 0.500. The number of nitrogens with zero attached hydrogens (tertiary/aromatic N) is 6. The van der Waals surface area contributed by atoms with Crippen molar-refractivity contribution in [3.05, 3.63) is 40.5 Å². The van der Waals surface area contributed by atoms with Gasteiger partial charge in [0.1, 0.15) is 19.7 Å². The van der Waals surface area contributed by atoms with E-state index in [1.54, 1.807) is 0 Å². The van der Waals surface area contributed by atoms with Crippen molar-refractivity contribution in [2.75, 3.05) is 0 Å². The number of nitro groups is 4. The molecule has 0 saturated carbocycles. The van der Waals surface area contributed by atoms with Crippen molar-refractivity contribution in [2.24, 2.45) is 10.3 Å². The molecule has 0 bridgehead atoms. The Balaban J connectivity index is 2.42. The highest BCUT2D eigenvalue weighted by molar-refractivity contribution is 5.97. The lowest BCUT2D eigenvalue weighted by Crippen LogP contribution is -2.64. The van der Waals surface area contributed by atoms with E-state index in [9.17, 15) is 40.5 Å². The number of rotatable bonds is 4. The van der Waals surface area contributed by atoms with Gasteiger partial charge in [0.2, 0.25) is 0 Å². The monoisotopic (exact) mass is 338 g/mol. The molecule has 0 fully saturated rings. The molecular formula is C4H2N8O11. The lowest BCUT2D eigenvalue weighted by molar-refractivity contribution is -0.790. The lowest BCUT2D eigenvalue weighted by atomic mass is 10.3. The van der Waals surface area contributed by atoms with Gasteiger partial charge in [-0.25, -0.2) is 0 Å². The minimum atomic E-state index is -3.50. The molecule has 0 aromatic rings. The van der Waals surface area contributed by atoms with E-state index in [2.05, 4.69) is 24.9 Å². The molecule has 0 saturated heterocycles.